The number of sulfonamides is 1. The van der Waals surface area contributed by atoms with Crippen LogP contribution >= 0.6 is 11.6 Å². The zero-order valence-electron chi connectivity index (χ0n) is 17.9. The molecule has 1 saturated heterocycles. The van der Waals surface area contributed by atoms with Crippen molar-refractivity contribution in [2.45, 2.75) is 25.0 Å². The van der Waals surface area contributed by atoms with Crippen LogP contribution in [0.5, 0.6) is 5.75 Å². The van der Waals surface area contributed by atoms with E-state index in [2.05, 4.69) is 4.74 Å². The van der Waals surface area contributed by atoms with Gasteiger partial charge in [0, 0.05) is 43.3 Å². The van der Waals surface area contributed by atoms with Gasteiger partial charge in [-0.15, -0.1) is 0 Å². The zero-order valence-corrected chi connectivity index (χ0v) is 19.5. The number of hydrogen-bond donors (Lipinski definition) is 1. The van der Waals surface area contributed by atoms with Crippen LogP contribution in [0.25, 0.3) is 0 Å². The van der Waals surface area contributed by atoms with Crippen molar-refractivity contribution in [1.29, 1.82) is 0 Å². The number of rotatable bonds is 7. The molecule has 0 saturated carbocycles. The van der Waals surface area contributed by atoms with Crippen LogP contribution in [0.3, 0.4) is 0 Å². The van der Waals surface area contributed by atoms with Crippen molar-refractivity contribution in [1.82, 2.24) is 14.5 Å². The van der Waals surface area contributed by atoms with E-state index in [4.69, 9.17) is 16.3 Å². The summed E-state index contributed by atoms with van der Waals surface area (Å²) in [6.45, 7) is -0.733. The summed E-state index contributed by atoms with van der Waals surface area (Å²) in [6.07, 6.45) is -16.8. The molecule has 0 bridgehead atoms. The summed E-state index contributed by atoms with van der Waals surface area (Å²) in [5.41, 5.74) is 0.506. The molecule has 1 aromatic carbocycles. The van der Waals surface area contributed by atoms with Crippen molar-refractivity contribution in [3.8, 4) is 5.75 Å². The molecule has 0 aromatic heterocycles. The summed E-state index contributed by atoms with van der Waals surface area (Å²) < 4.78 is 109. The standard InChI is InChI=1S/C18H20ClF6N3O6S/c1-35(31,32)26-14(29)10-33-13-8-12(19)3-2-11(13)9-27-4-6-28(7-5-27)16(30)34-15(17(20,21)22)18(23,24)25/h2-3,8,15H,4-7,9-10H2,1H3,(H,26,29). The largest absolute Gasteiger partial charge is 0.483 e. The van der Waals surface area contributed by atoms with E-state index < -0.39 is 47.1 Å². The summed E-state index contributed by atoms with van der Waals surface area (Å²) in [5.74, 6) is -0.775. The van der Waals surface area contributed by atoms with Crippen LogP contribution in [0, 0.1) is 0 Å². The van der Waals surface area contributed by atoms with Gasteiger partial charge in [0.1, 0.15) is 5.75 Å². The molecule has 1 aromatic rings. The maximum absolute atomic E-state index is 12.6. The summed E-state index contributed by atoms with van der Waals surface area (Å²) in [4.78, 5) is 26.0. The molecule has 198 valence electrons. The van der Waals surface area contributed by atoms with Gasteiger partial charge in [0.25, 0.3) is 12.0 Å². The minimum atomic E-state index is -5.81. The van der Waals surface area contributed by atoms with Gasteiger partial charge < -0.3 is 14.4 Å². The second-order valence-corrected chi connectivity index (χ2v) is 9.63. The predicted molar refractivity (Wildman–Crippen MR) is 109 cm³/mol. The number of nitrogens with zero attached hydrogens (tertiary/aromatic N) is 2. The highest BCUT2D eigenvalue weighted by Crippen LogP contribution is 2.36. The van der Waals surface area contributed by atoms with Gasteiger partial charge in [-0.1, -0.05) is 17.7 Å². The Labute approximate surface area is 200 Å². The molecular weight excluding hydrogens is 536 g/mol. The average molecular weight is 556 g/mol. The van der Waals surface area contributed by atoms with E-state index in [1.54, 1.807) is 15.7 Å². The lowest BCUT2D eigenvalue weighted by molar-refractivity contribution is -0.308. The molecule has 0 unspecified atom stereocenters. The van der Waals surface area contributed by atoms with Gasteiger partial charge in [0.2, 0.25) is 10.0 Å². The molecule has 0 atom stereocenters. The molecule has 1 heterocycles. The fraction of sp³-hybridized carbons (Fsp3) is 0.556. The Morgan fingerprint density at radius 1 is 1.09 bits per heavy atom. The maximum atomic E-state index is 12.6. The number of nitrogens with one attached hydrogen (secondary N) is 1. The van der Waals surface area contributed by atoms with E-state index in [0.717, 1.165) is 11.2 Å². The predicted octanol–water partition coefficient (Wildman–Crippen LogP) is 2.54. The SMILES string of the molecule is CS(=O)(=O)NC(=O)COc1cc(Cl)ccc1CN1CCN(C(=O)OC(C(F)(F)F)C(F)(F)F)CC1. The quantitative estimate of drug-likeness (QED) is 0.516. The number of piperazine rings is 1. The molecule has 1 fully saturated rings. The second kappa shape index (κ2) is 11.1. The van der Waals surface area contributed by atoms with Crippen molar-refractivity contribution in [3.05, 3.63) is 28.8 Å². The van der Waals surface area contributed by atoms with Crippen LogP contribution in [-0.2, 0) is 26.1 Å². The number of alkyl halides is 6. The van der Waals surface area contributed by atoms with Gasteiger partial charge in [0.15, 0.2) is 6.61 Å². The summed E-state index contributed by atoms with van der Waals surface area (Å²) >= 11 is 5.93. The number of amides is 2. The van der Waals surface area contributed by atoms with Crippen molar-refractivity contribution >= 4 is 33.6 Å². The molecule has 0 aliphatic carbocycles. The molecule has 2 rings (SSSR count). The molecular formula is C18H20ClF6N3O6S. The van der Waals surface area contributed by atoms with Gasteiger partial charge in [-0.3, -0.25) is 14.4 Å². The number of halogens is 7. The van der Waals surface area contributed by atoms with E-state index in [1.165, 1.54) is 12.1 Å². The second-order valence-electron chi connectivity index (χ2n) is 7.45. The molecule has 1 aliphatic heterocycles. The van der Waals surface area contributed by atoms with Crippen LogP contribution in [0.15, 0.2) is 18.2 Å². The lowest BCUT2D eigenvalue weighted by atomic mass is 10.1. The van der Waals surface area contributed by atoms with Crippen LogP contribution in [0.4, 0.5) is 31.1 Å². The van der Waals surface area contributed by atoms with Crippen LogP contribution < -0.4 is 9.46 Å². The normalized spacial score (nSPS) is 15.7. The number of carbonyl (C=O) groups excluding carboxylic acids is 2. The van der Waals surface area contributed by atoms with Gasteiger partial charge in [-0.05, 0) is 12.1 Å². The number of ether oxygens (including phenoxy) is 2. The van der Waals surface area contributed by atoms with Gasteiger partial charge >= 0.3 is 18.4 Å². The minimum absolute atomic E-state index is 0.0778. The Morgan fingerprint density at radius 2 is 1.66 bits per heavy atom. The third-order valence-electron chi connectivity index (χ3n) is 4.52. The summed E-state index contributed by atoms with van der Waals surface area (Å²) in [7, 11) is -3.79. The maximum Gasteiger partial charge on any atom is 0.434 e. The highest BCUT2D eigenvalue weighted by Gasteiger charge is 2.60. The molecule has 1 aliphatic rings. The number of carbonyl (C=O) groups is 2. The van der Waals surface area contributed by atoms with E-state index in [-0.39, 0.29) is 43.5 Å². The minimum Gasteiger partial charge on any atom is -0.483 e. The lowest BCUT2D eigenvalue weighted by Gasteiger charge is -2.35. The summed E-state index contributed by atoms with van der Waals surface area (Å²) in [6, 6.07) is 4.46. The highest BCUT2D eigenvalue weighted by molar-refractivity contribution is 7.89. The molecule has 0 spiro atoms. The fourth-order valence-electron chi connectivity index (χ4n) is 3.00. The smallest absolute Gasteiger partial charge is 0.434 e. The molecule has 1 N–H and O–H groups in total. The zero-order chi connectivity index (χ0) is 26.6. The van der Waals surface area contributed by atoms with Crippen molar-refractivity contribution in [3.63, 3.8) is 0 Å². The first kappa shape index (κ1) is 28.8. The Kier molecular flexibility index (Phi) is 9.10. The monoisotopic (exact) mass is 555 g/mol. The Bertz CT molecular complexity index is 1010. The van der Waals surface area contributed by atoms with E-state index in [9.17, 15) is 44.3 Å². The van der Waals surface area contributed by atoms with Crippen LogP contribution in [0.2, 0.25) is 5.02 Å². The van der Waals surface area contributed by atoms with E-state index in [0.29, 0.717) is 5.56 Å². The Morgan fingerprint density at radius 3 is 2.17 bits per heavy atom. The van der Waals surface area contributed by atoms with Gasteiger partial charge in [-0.2, -0.15) is 26.3 Å². The lowest BCUT2D eigenvalue weighted by Crippen LogP contribution is -2.52. The molecule has 2 amide bonds. The fourth-order valence-corrected chi connectivity index (χ4v) is 3.63. The number of hydrogen-bond acceptors (Lipinski definition) is 7. The molecule has 0 radical (unpaired) electrons. The first-order valence-electron chi connectivity index (χ1n) is 9.69. The Balaban J connectivity index is 1.97. The van der Waals surface area contributed by atoms with Gasteiger partial charge in [-0.25, -0.2) is 13.2 Å². The first-order chi connectivity index (χ1) is 16.0. The van der Waals surface area contributed by atoms with Crippen molar-refractivity contribution < 1.29 is 53.8 Å². The van der Waals surface area contributed by atoms with E-state index in [1.807, 2.05) is 0 Å². The molecule has 17 heteroatoms. The van der Waals surface area contributed by atoms with Crippen molar-refractivity contribution in [2.75, 3.05) is 39.0 Å². The van der Waals surface area contributed by atoms with Gasteiger partial charge in [0.05, 0.1) is 6.26 Å². The first-order valence-corrected chi connectivity index (χ1v) is 12.0. The summed E-state index contributed by atoms with van der Waals surface area (Å²) in [5, 5.41) is 0.253. The average Bonchev–Trinajstić information content (AvgIpc) is 2.69. The molecule has 35 heavy (non-hydrogen) atoms. The number of benzene rings is 1. The Hall–Kier alpha value is -2.46. The molecule has 9 nitrogen and oxygen atoms in total. The van der Waals surface area contributed by atoms with Crippen LogP contribution in [-0.4, -0.2) is 87.7 Å². The topological polar surface area (TPSA) is 105 Å². The highest BCUT2D eigenvalue weighted by atomic mass is 35.5. The third-order valence-corrected chi connectivity index (χ3v) is 5.36. The van der Waals surface area contributed by atoms with E-state index >= 15 is 0 Å². The van der Waals surface area contributed by atoms with Crippen LogP contribution in [0.1, 0.15) is 5.56 Å². The third kappa shape index (κ3) is 9.25. The van der Waals surface area contributed by atoms with Crippen molar-refractivity contribution in [2.24, 2.45) is 0 Å².